The van der Waals surface area contributed by atoms with Crippen molar-refractivity contribution in [3.05, 3.63) is 54.7 Å². The topological polar surface area (TPSA) is 55.2 Å². The number of nitrogens with zero attached hydrogens (tertiary/aromatic N) is 3. The summed E-state index contributed by atoms with van der Waals surface area (Å²) < 4.78 is 0. The van der Waals surface area contributed by atoms with Crippen molar-refractivity contribution in [2.75, 3.05) is 0 Å². The Hall–Kier alpha value is -2.84. The Bertz CT molecular complexity index is 792. The number of hydrogen-bond acceptors (Lipinski definition) is 4. The Morgan fingerprint density at radius 3 is 2.68 bits per heavy atom. The van der Waals surface area contributed by atoms with Gasteiger partial charge in [-0.1, -0.05) is 24.3 Å². The van der Waals surface area contributed by atoms with Gasteiger partial charge in [-0.3, -0.25) is 4.98 Å². The van der Waals surface area contributed by atoms with Gasteiger partial charge in [0.15, 0.2) is 0 Å². The first kappa shape index (κ1) is 11.3. The Morgan fingerprint density at radius 1 is 1.00 bits per heavy atom. The minimum atomic E-state index is 0.558. The number of benzene rings is 2. The van der Waals surface area contributed by atoms with Crippen LogP contribution < -0.4 is 0 Å². The summed E-state index contributed by atoms with van der Waals surface area (Å²) >= 11 is 0. The quantitative estimate of drug-likeness (QED) is 0.516. The normalized spacial score (nSPS) is 10.1. The molecule has 0 saturated carbocycles. The lowest BCUT2D eigenvalue weighted by molar-refractivity contribution is 0.565. The van der Waals surface area contributed by atoms with Crippen LogP contribution in [0.3, 0.4) is 0 Å². The van der Waals surface area contributed by atoms with E-state index >= 15 is 0 Å². The fourth-order valence-corrected chi connectivity index (χ4v) is 1.88. The van der Waals surface area contributed by atoms with Crippen LogP contribution in [-0.4, -0.2) is 16.0 Å². The minimum Gasteiger partial charge on any atom is -0.252 e. The van der Waals surface area contributed by atoms with E-state index in [-0.39, 0.29) is 0 Å². The molecule has 0 spiro atoms. The van der Waals surface area contributed by atoms with Gasteiger partial charge < -0.3 is 0 Å². The molecule has 0 fully saturated rings. The van der Waals surface area contributed by atoms with Crippen molar-refractivity contribution in [3.8, 4) is 11.3 Å². The highest BCUT2D eigenvalue weighted by molar-refractivity contribution is 5.77. The Morgan fingerprint density at radius 2 is 1.84 bits per heavy atom. The predicted octanol–water partition coefficient (Wildman–Crippen LogP) is 3.26. The fraction of sp³-hybridized carbons (Fsp3) is 0. The molecule has 19 heavy (non-hydrogen) atoms. The average Bonchev–Trinajstić information content (AvgIpc) is 2.47. The van der Waals surface area contributed by atoms with Crippen LogP contribution >= 0.6 is 0 Å². The van der Waals surface area contributed by atoms with E-state index in [1.165, 1.54) is 6.08 Å². The van der Waals surface area contributed by atoms with Crippen LogP contribution in [0.2, 0.25) is 0 Å². The van der Waals surface area contributed by atoms with Crippen LogP contribution in [0.15, 0.2) is 59.7 Å². The molecule has 0 saturated heterocycles. The highest BCUT2D eigenvalue weighted by Crippen LogP contribution is 2.23. The van der Waals surface area contributed by atoms with Crippen molar-refractivity contribution in [3.63, 3.8) is 0 Å². The fourth-order valence-electron chi connectivity index (χ4n) is 1.88. The van der Waals surface area contributed by atoms with Gasteiger partial charge in [0, 0.05) is 5.56 Å². The molecule has 3 rings (SSSR count). The zero-order valence-corrected chi connectivity index (χ0v) is 9.95. The standard InChI is InChI=1S/C15H9N3O/c19-10-17-12-5-3-4-11(8-12)15-9-16-13-6-1-2-7-14(13)18-15/h1-9H. The molecule has 2 aromatic carbocycles. The van der Waals surface area contributed by atoms with Crippen LogP contribution in [0.4, 0.5) is 5.69 Å². The summed E-state index contributed by atoms with van der Waals surface area (Å²) in [5.41, 5.74) is 3.87. The molecular weight excluding hydrogens is 238 g/mol. The summed E-state index contributed by atoms with van der Waals surface area (Å²) in [7, 11) is 0. The Kier molecular flexibility index (Phi) is 2.85. The van der Waals surface area contributed by atoms with Gasteiger partial charge in [-0.25, -0.2) is 9.78 Å². The summed E-state index contributed by atoms with van der Waals surface area (Å²) in [6, 6.07) is 14.9. The highest BCUT2D eigenvalue weighted by Gasteiger charge is 2.03. The molecule has 0 atom stereocenters. The van der Waals surface area contributed by atoms with Gasteiger partial charge in [-0.15, -0.1) is 0 Å². The second-order valence-electron chi connectivity index (χ2n) is 4.00. The van der Waals surface area contributed by atoms with Crippen molar-refractivity contribution < 1.29 is 4.79 Å². The van der Waals surface area contributed by atoms with Gasteiger partial charge in [0.05, 0.1) is 28.6 Å². The molecule has 90 valence electrons. The summed E-state index contributed by atoms with van der Waals surface area (Å²) in [5, 5.41) is 0. The van der Waals surface area contributed by atoms with E-state index in [0.29, 0.717) is 5.69 Å². The summed E-state index contributed by atoms with van der Waals surface area (Å²) in [6.45, 7) is 0. The number of aromatic nitrogens is 2. The maximum atomic E-state index is 10.3. The van der Waals surface area contributed by atoms with Crippen LogP contribution in [0.5, 0.6) is 0 Å². The maximum Gasteiger partial charge on any atom is 0.240 e. The molecule has 3 aromatic rings. The predicted molar refractivity (Wildman–Crippen MR) is 72.8 cm³/mol. The van der Waals surface area contributed by atoms with E-state index in [1.54, 1.807) is 18.3 Å². The largest absolute Gasteiger partial charge is 0.252 e. The lowest BCUT2D eigenvalue weighted by Gasteiger charge is -2.03. The summed E-state index contributed by atoms with van der Waals surface area (Å²) in [6.07, 6.45) is 3.25. The minimum absolute atomic E-state index is 0.558. The van der Waals surface area contributed by atoms with Crippen molar-refractivity contribution in [2.45, 2.75) is 0 Å². The molecule has 0 bridgehead atoms. The van der Waals surface area contributed by atoms with E-state index in [4.69, 9.17) is 0 Å². The number of fused-ring (bicyclic) bond motifs is 1. The van der Waals surface area contributed by atoms with Crippen molar-refractivity contribution in [1.82, 2.24) is 9.97 Å². The van der Waals surface area contributed by atoms with Gasteiger partial charge in [-0.05, 0) is 24.3 Å². The molecule has 1 aromatic heterocycles. The van der Waals surface area contributed by atoms with E-state index in [0.717, 1.165) is 22.3 Å². The lowest BCUT2D eigenvalue weighted by atomic mass is 10.1. The maximum absolute atomic E-state index is 10.3. The molecule has 0 aliphatic heterocycles. The molecule has 4 heteroatoms. The molecule has 0 aliphatic carbocycles. The van der Waals surface area contributed by atoms with Gasteiger partial charge in [0.2, 0.25) is 6.08 Å². The third-order valence-corrected chi connectivity index (χ3v) is 2.77. The van der Waals surface area contributed by atoms with Gasteiger partial charge in [-0.2, -0.15) is 4.99 Å². The Balaban J connectivity index is 2.13. The molecule has 4 nitrogen and oxygen atoms in total. The van der Waals surface area contributed by atoms with Crippen molar-refractivity contribution in [1.29, 1.82) is 0 Å². The zero-order valence-electron chi connectivity index (χ0n) is 9.95. The van der Waals surface area contributed by atoms with Gasteiger partial charge in [0.1, 0.15) is 0 Å². The van der Waals surface area contributed by atoms with E-state index < -0.39 is 0 Å². The summed E-state index contributed by atoms with van der Waals surface area (Å²) in [4.78, 5) is 22.8. The number of carbonyl (C=O) groups excluding carboxylic acids is 1. The number of para-hydroxylation sites is 2. The number of rotatable bonds is 2. The zero-order chi connectivity index (χ0) is 13.1. The molecular formula is C15H9N3O. The first-order valence-electron chi connectivity index (χ1n) is 5.77. The molecule has 0 aliphatic rings. The van der Waals surface area contributed by atoms with Crippen LogP contribution in [0, 0.1) is 0 Å². The second-order valence-corrected chi connectivity index (χ2v) is 4.00. The third-order valence-electron chi connectivity index (χ3n) is 2.77. The SMILES string of the molecule is O=C=Nc1cccc(-c2cnc3ccccc3n2)c1. The number of aliphatic imine (C=N–C) groups is 1. The first-order chi connectivity index (χ1) is 9.36. The monoisotopic (exact) mass is 247 g/mol. The second kappa shape index (κ2) is 4.80. The summed E-state index contributed by atoms with van der Waals surface area (Å²) in [5.74, 6) is 0. The third kappa shape index (κ3) is 2.25. The lowest BCUT2D eigenvalue weighted by Crippen LogP contribution is -1.87. The highest BCUT2D eigenvalue weighted by atomic mass is 16.1. The molecule has 0 N–H and O–H groups in total. The van der Waals surface area contributed by atoms with E-state index in [2.05, 4.69) is 15.0 Å². The first-order valence-corrected chi connectivity index (χ1v) is 5.77. The van der Waals surface area contributed by atoms with Crippen LogP contribution in [-0.2, 0) is 4.79 Å². The molecule has 0 amide bonds. The van der Waals surface area contributed by atoms with E-state index in [1.807, 2.05) is 36.4 Å². The number of isocyanates is 1. The molecule has 1 heterocycles. The van der Waals surface area contributed by atoms with Gasteiger partial charge in [0.25, 0.3) is 0 Å². The van der Waals surface area contributed by atoms with E-state index in [9.17, 15) is 4.79 Å². The smallest absolute Gasteiger partial charge is 0.240 e. The van der Waals surface area contributed by atoms with Crippen LogP contribution in [0.25, 0.3) is 22.3 Å². The van der Waals surface area contributed by atoms with Crippen molar-refractivity contribution in [2.24, 2.45) is 4.99 Å². The number of hydrogen-bond donors (Lipinski definition) is 0. The average molecular weight is 247 g/mol. The Labute approximate surface area is 109 Å². The molecule has 0 radical (unpaired) electrons. The van der Waals surface area contributed by atoms with Gasteiger partial charge >= 0.3 is 0 Å². The molecule has 0 unspecified atom stereocenters. The van der Waals surface area contributed by atoms with Crippen molar-refractivity contribution >= 4 is 22.8 Å². The van der Waals surface area contributed by atoms with Crippen LogP contribution in [0.1, 0.15) is 0 Å².